The Hall–Kier alpha value is -3.40. The predicted octanol–water partition coefficient (Wildman–Crippen LogP) is 4.44. The number of nitrogens with one attached hydrogen (secondary N) is 1. The molecule has 0 fully saturated rings. The van der Waals surface area contributed by atoms with Crippen LogP contribution in [0.3, 0.4) is 0 Å². The Bertz CT molecular complexity index is 928. The van der Waals surface area contributed by atoms with Gasteiger partial charge in [-0.1, -0.05) is 85.8 Å². The van der Waals surface area contributed by atoms with E-state index in [1.165, 1.54) is 0 Å². The lowest BCUT2D eigenvalue weighted by Crippen LogP contribution is -2.34. The van der Waals surface area contributed by atoms with Gasteiger partial charge in [-0.15, -0.1) is 0 Å². The van der Waals surface area contributed by atoms with Gasteiger partial charge in [-0.2, -0.15) is 0 Å². The van der Waals surface area contributed by atoms with Crippen LogP contribution in [0.1, 0.15) is 40.4 Å². The van der Waals surface area contributed by atoms with Crippen LogP contribution in [0.25, 0.3) is 0 Å². The topological polar surface area (TPSA) is 66.4 Å². The molecule has 4 nitrogen and oxygen atoms in total. The first-order valence-electron chi connectivity index (χ1n) is 9.69. The van der Waals surface area contributed by atoms with Crippen LogP contribution in [0.15, 0.2) is 84.9 Å². The molecule has 0 aliphatic heterocycles. The lowest BCUT2D eigenvalue weighted by Gasteiger charge is -2.30. The molecule has 0 aliphatic carbocycles. The van der Waals surface area contributed by atoms with E-state index in [0.717, 1.165) is 11.1 Å². The van der Waals surface area contributed by atoms with Crippen LogP contribution in [0.2, 0.25) is 0 Å². The van der Waals surface area contributed by atoms with Gasteiger partial charge in [-0.3, -0.25) is 4.79 Å². The quantitative estimate of drug-likeness (QED) is 0.600. The van der Waals surface area contributed by atoms with Crippen LogP contribution in [-0.4, -0.2) is 23.5 Å². The highest BCUT2D eigenvalue weighted by Gasteiger charge is 2.31. The first-order valence-corrected chi connectivity index (χ1v) is 9.69. The molecule has 3 rings (SSSR count). The molecule has 0 heterocycles. The lowest BCUT2D eigenvalue weighted by molar-refractivity contribution is -0.121. The molecule has 0 saturated carbocycles. The molecular formula is C25H25NO3. The summed E-state index contributed by atoms with van der Waals surface area (Å²) >= 11 is 0. The maximum Gasteiger partial charge on any atom is 0.335 e. The zero-order valence-electron chi connectivity index (χ0n) is 16.5. The second-order valence-corrected chi connectivity index (χ2v) is 7.30. The molecular weight excluding hydrogens is 362 g/mol. The number of carbonyl (C=O) groups excluding carboxylic acids is 1. The van der Waals surface area contributed by atoms with Gasteiger partial charge in [0.2, 0.25) is 5.91 Å². The maximum atomic E-state index is 12.8. The highest BCUT2D eigenvalue weighted by molar-refractivity contribution is 5.89. The van der Waals surface area contributed by atoms with Gasteiger partial charge in [0, 0.05) is 18.4 Å². The molecule has 0 aliphatic rings. The van der Waals surface area contributed by atoms with Crippen molar-refractivity contribution in [2.24, 2.45) is 0 Å². The van der Waals surface area contributed by atoms with Crippen molar-refractivity contribution in [3.8, 4) is 0 Å². The van der Waals surface area contributed by atoms with E-state index >= 15 is 0 Å². The van der Waals surface area contributed by atoms with Gasteiger partial charge in [0.25, 0.3) is 0 Å². The normalized spacial score (nSPS) is 11.1. The first kappa shape index (κ1) is 20.3. The average molecular weight is 387 g/mol. The zero-order chi connectivity index (χ0) is 20.7. The number of carboxylic acids is 1. The minimum absolute atomic E-state index is 0.0620. The molecule has 29 heavy (non-hydrogen) atoms. The Kier molecular flexibility index (Phi) is 6.45. The highest BCUT2D eigenvalue weighted by atomic mass is 16.4. The SMILES string of the molecule is CC(CC(=O)NCCc1ccccc1C(=O)O)(c1ccccc1)c1ccccc1. The van der Waals surface area contributed by atoms with Crippen molar-refractivity contribution in [2.45, 2.75) is 25.2 Å². The van der Waals surface area contributed by atoms with Crippen LogP contribution in [0.4, 0.5) is 0 Å². The van der Waals surface area contributed by atoms with Crippen molar-refractivity contribution in [1.29, 1.82) is 0 Å². The standard InChI is InChI=1S/C25H25NO3/c1-25(20-11-4-2-5-12-20,21-13-6-3-7-14-21)18-23(27)26-17-16-19-10-8-9-15-22(19)24(28)29/h2-15H,16-18H2,1H3,(H,26,27)(H,28,29). The summed E-state index contributed by atoms with van der Waals surface area (Å²) in [6.45, 7) is 2.47. The van der Waals surface area contributed by atoms with Crippen molar-refractivity contribution in [2.75, 3.05) is 6.54 Å². The molecule has 0 atom stereocenters. The third kappa shape index (κ3) is 4.91. The molecule has 0 radical (unpaired) electrons. The molecule has 0 spiro atoms. The van der Waals surface area contributed by atoms with E-state index in [9.17, 15) is 14.7 Å². The molecule has 0 saturated heterocycles. The van der Waals surface area contributed by atoms with Crippen molar-refractivity contribution in [3.63, 3.8) is 0 Å². The van der Waals surface area contributed by atoms with E-state index in [4.69, 9.17) is 0 Å². The maximum absolute atomic E-state index is 12.8. The van der Waals surface area contributed by atoms with Gasteiger partial charge in [-0.25, -0.2) is 4.79 Å². The predicted molar refractivity (Wildman–Crippen MR) is 114 cm³/mol. The third-order valence-electron chi connectivity index (χ3n) is 5.30. The van der Waals surface area contributed by atoms with E-state index < -0.39 is 11.4 Å². The van der Waals surface area contributed by atoms with Gasteiger partial charge in [-0.05, 0) is 29.2 Å². The molecule has 0 unspecified atom stereocenters. The summed E-state index contributed by atoms with van der Waals surface area (Å²) in [5, 5.41) is 12.3. The Morgan fingerprint density at radius 1 is 0.828 bits per heavy atom. The van der Waals surface area contributed by atoms with Crippen LogP contribution in [0, 0.1) is 0 Å². The minimum atomic E-state index is -0.951. The average Bonchev–Trinajstić information content (AvgIpc) is 2.75. The summed E-state index contributed by atoms with van der Waals surface area (Å²) in [6, 6.07) is 26.9. The Morgan fingerprint density at radius 3 is 1.90 bits per heavy atom. The fourth-order valence-corrected chi connectivity index (χ4v) is 3.65. The van der Waals surface area contributed by atoms with Gasteiger partial charge in [0.05, 0.1) is 5.56 Å². The Morgan fingerprint density at radius 2 is 1.34 bits per heavy atom. The summed E-state index contributed by atoms with van der Waals surface area (Å²) in [4.78, 5) is 24.1. The summed E-state index contributed by atoms with van der Waals surface area (Å²) in [7, 11) is 0. The summed E-state index contributed by atoms with van der Waals surface area (Å²) in [6.07, 6.45) is 0.781. The number of carboxylic acid groups (broad SMARTS) is 1. The summed E-state index contributed by atoms with van der Waals surface area (Å²) in [5.74, 6) is -1.01. The number of benzene rings is 3. The number of hydrogen-bond donors (Lipinski definition) is 2. The number of hydrogen-bond acceptors (Lipinski definition) is 2. The van der Waals surface area contributed by atoms with E-state index in [1.807, 2.05) is 66.7 Å². The van der Waals surface area contributed by atoms with Crippen LogP contribution in [-0.2, 0) is 16.6 Å². The third-order valence-corrected chi connectivity index (χ3v) is 5.30. The smallest absolute Gasteiger partial charge is 0.335 e. The van der Waals surface area contributed by atoms with Gasteiger partial charge >= 0.3 is 5.97 Å². The van der Waals surface area contributed by atoms with Crippen molar-refractivity contribution < 1.29 is 14.7 Å². The fraction of sp³-hybridized carbons (Fsp3) is 0.200. The second-order valence-electron chi connectivity index (χ2n) is 7.30. The highest BCUT2D eigenvalue weighted by Crippen LogP contribution is 2.35. The number of rotatable bonds is 8. The van der Waals surface area contributed by atoms with Crippen LogP contribution >= 0.6 is 0 Å². The molecule has 2 N–H and O–H groups in total. The number of carbonyl (C=O) groups is 2. The summed E-state index contributed by atoms with van der Waals surface area (Å²) in [5.41, 5.74) is 2.70. The Balaban J connectivity index is 1.71. The molecule has 1 amide bonds. The number of amides is 1. The first-order chi connectivity index (χ1) is 14.0. The molecule has 4 heteroatoms. The van der Waals surface area contributed by atoms with E-state index in [-0.39, 0.29) is 11.5 Å². The Labute approximate surface area is 171 Å². The second kappa shape index (κ2) is 9.20. The monoisotopic (exact) mass is 387 g/mol. The van der Waals surface area contributed by atoms with Gasteiger partial charge in [0.1, 0.15) is 0 Å². The minimum Gasteiger partial charge on any atom is -0.478 e. The van der Waals surface area contributed by atoms with Crippen molar-refractivity contribution in [1.82, 2.24) is 5.32 Å². The summed E-state index contributed by atoms with van der Waals surface area (Å²) < 4.78 is 0. The van der Waals surface area contributed by atoms with E-state index in [2.05, 4.69) is 12.2 Å². The van der Waals surface area contributed by atoms with Crippen molar-refractivity contribution >= 4 is 11.9 Å². The van der Waals surface area contributed by atoms with E-state index in [0.29, 0.717) is 24.9 Å². The zero-order valence-corrected chi connectivity index (χ0v) is 16.5. The lowest BCUT2D eigenvalue weighted by atomic mass is 9.73. The molecule has 3 aromatic carbocycles. The van der Waals surface area contributed by atoms with E-state index in [1.54, 1.807) is 18.2 Å². The van der Waals surface area contributed by atoms with Gasteiger partial charge < -0.3 is 10.4 Å². The number of aromatic carboxylic acids is 1. The molecule has 148 valence electrons. The fourth-order valence-electron chi connectivity index (χ4n) is 3.65. The largest absolute Gasteiger partial charge is 0.478 e. The molecule has 3 aromatic rings. The van der Waals surface area contributed by atoms with Crippen molar-refractivity contribution in [3.05, 3.63) is 107 Å². The molecule has 0 aromatic heterocycles. The van der Waals surface area contributed by atoms with Crippen LogP contribution in [0.5, 0.6) is 0 Å². The molecule has 0 bridgehead atoms. The van der Waals surface area contributed by atoms with Gasteiger partial charge in [0.15, 0.2) is 0 Å². The van der Waals surface area contributed by atoms with Crippen LogP contribution < -0.4 is 5.32 Å².